The first kappa shape index (κ1) is 14.2. The number of carbonyl (C=O) groups is 1. The van der Waals surface area contributed by atoms with Gasteiger partial charge in [0, 0.05) is 16.7 Å². The van der Waals surface area contributed by atoms with Gasteiger partial charge in [0.15, 0.2) is 0 Å². The van der Waals surface area contributed by atoms with E-state index in [1.165, 1.54) is 6.08 Å². The Kier molecular flexibility index (Phi) is 4.43. The van der Waals surface area contributed by atoms with Gasteiger partial charge in [0.1, 0.15) is 11.5 Å². The van der Waals surface area contributed by atoms with E-state index in [1.807, 2.05) is 25.1 Å². The number of hydrogen-bond acceptors (Lipinski definition) is 2. The van der Waals surface area contributed by atoms with Crippen molar-refractivity contribution in [2.45, 2.75) is 6.92 Å². The van der Waals surface area contributed by atoms with Crippen molar-refractivity contribution in [2.24, 2.45) is 0 Å². The second-order valence-corrected chi connectivity index (χ2v) is 4.66. The topological polar surface area (TPSA) is 46.5 Å². The third-order valence-electron chi connectivity index (χ3n) is 2.69. The van der Waals surface area contributed by atoms with Gasteiger partial charge >= 0.3 is 5.97 Å². The predicted octanol–water partition coefficient (Wildman–Crippen LogP) is 4.54. The number of hydrogen-bond donors (Lipinski definition) is 1. The second-order valence-electron chi connectivity index (χ2n) is 4.22. The summed E-state index contributed by atoms with van der Waals surface area (Å²) in [4.78, 5) is 10.6. The van der Waals surface area contributed by atoms with Crippen LogP contribution in [-0.4, -0.2) is 11.1 Å². The van der Waals surface area contributed by atoms with Crippen LogP contribution in [0.25, 0.3) is 6.08 Å². The molecular formula is C16H13ClO3. The number of aryl methyl sites for hydroxylation is 1. The van der Waals surface area contributed by atoms with E-state index < -0.39 is 5.97 Å². The molecule has 0 radical (unpaired) electrons. The second kappa shape index (κ2) is 6.26. The molecule has 1 N–H and O–H groups in total. The minimum Gasteiger partial charge on any atom is -0.478 e. The average Bonchev–Trinajstić information content (AvgIpc) is 2.42. The fourth-order valence-corrected chi connectivity index (χ4v) is 1.84. The monoisotopic (exact) mass is 288 g/mol. The quantitative estimate of drug-likeness (QED) is 0.840. The molecule has 0 unspecified atom stereocenters. The Hall–Kier alpha value is -2.26. The van der Waals surface area contributed by atoms with E-state index in [9.17, 15) is 4.79 Å². The minimum atomic E-state index is -1.00. The van der Waals surface area contributed by atoms with Gasteiger partial charge in [-0.2, -0.15) is 0 Å². The molecular weight excluding hydrogens is 276 g/mol. The first-order valence-corrected chi connectivity index (χ1v) is 6.38. The lowest BCUT2D eigenvalue weighted by atomic mass is 10.1. The number of ether oxygens (including phenoxy) is 1. The summed E-state index contributed by atoms with van der Waals surface area (Å²) in [6, 6.07) is 12.6. The van der Waals surface area contributed by atoms with Gasteiger partial charge < -0.3 is 9.84 Å². The molecule has 0 atom stereocenters. The number of rotatable bonds is 4. The van der Waals surface area contributed by atoms with Crippen LogP contribution in [-0.2, 0) is 4.79 Å². The Balaban J connectivity index is 2.34. The maximum absolute atomic E-state index is 10.6. The van der Waals surface area contributed by atoms with E-state index in [1.54, 1.807) is 24.3 Å². The Bertz CT molecular complexity index is 663. The zero-order valence-corrected chi connectivity index (χ0v) is 11.6. The van der Waals surface area contributed by atoms with Crippen molar-refractivity contribution in [2.75, 3.05) is 0 Å². The van der Waals surface area contributed by atoms with Crippen molar-refractivity contribution in [1.82, 2.24) is 0 Å². The van der Waals surface area contributed by atoms with Crippen molar-refractivity contribution in [3.8, 4) is 11.5 Å². The summed E-state index contributed by atoms with van der Waals surface area (Å²) in [6.45, 7) is 1.92. The van der Waals surface area contributed by atoms with Crippen LogP contribution in [0.5, 0.6) is 11.5 Å². The summed E-state index contributed by atoms with van der Waals surface area (Å²) in [7, 11) is 0. The lowest BCUT2D eigenvalue weighted by Crippen LogP contribution is -1.91. The van der Waals surface area contributed by atoms with Crippen molar-refractivity contribution >= 4 is 23.6 Å². The van der Waals surface area contributed by atoms with E-state index in [4.69, 9.17) is 21.4 Å². The van der Waals surface area contributed by atoms with Crippen LogP contribution < -0.4 is 4.74 Å². The molecule has 2 rings (SSSR count). The first-order chi connectivity index (χ1) is 9.56. The van der Waals surface area contributed by atoms with E-state index >= 15 is 0 Å². The molecule has 0 saturated carbocycles. The lowest BCUT2D eigenvalue weighted by Gasteiger charge is -2.11. The minimum absolute atomic E-state index is 0.579. The van der Waals surface area contributed by atoms with Gasteiger partial charge in [-0.3, -0.25) is 0 Å². The highest BCUT2D eigenvalue weighted by Crippen LogP contribution is 2.30. The van der Waals surface area contributed by atoms with Gasteiger partial charge in [0.2, 0.25) is 0 Å². The Morgan fingerprint density at radius 3 is 2.70 bits per heavy atom. The van der Waals surface area contributed by atoms with Gasteiger partial charge in [-0.05, 0) is 36.8 Å². The van der Waals surface area contributed by atoms with Crippen LogP contribution in [0.2, 0.25) is 5.02 Å². The maximum atomic E-state index is 10.6. The molecule has 0 aliphatic heterocycles. The Labute approximate surface area is 122 Å². The predicted molar refractivity (Wildman–Crippen MR) is 79.4 cm³/mol. The van der Waals surface area contributed by atoms with Crippen LogP contribution in [0.4, 0.5) is 0 Å². The molecule has 0 heterocycles. The molecule has 102 valence electrons. The molecule has 0 aromatic heterocycles. The SMILES string of the molecule is Cc1ccc(Cl)cc1Oc1ccccc1C=CC(=O)O. The number of para-hydroxylation sites is 1. The van der Waals surface area contributed by atoms with Crippen molar-refractivity contribution in [3.63, 3.8) is 0 Å². The summed E-state index contributed by atoms with van der Waals surface area (Å²) in [5, 5.41) is 9.28. The fraction of sp³-hybridized carbons (Fsp3) is 0.0625. The molecule has 0 fully saturated rings. The summed E-state index contributed by atoms with van der Waals surface area (Å²) >= 11 is 5.95. The molecule has 0 amide bonds. The molecule has 0 saturated heterocycles. The highest BCUT2D eigenvalue weighted by molar-refractivity contribution is 6.30. The molecule has 0 bridgehead atoms. The zero-order valence-electron chi connectivity index (χ0n) is 10.8. The fourth-order valence-electron chi connectivity index (χ4n) is 1.67. The van der Waals surface area contributed by atoms with Gasteiger partial charge in [0.25, 0.3) is 0 Å². The first-order valence-electron chi connectivity index (χ1n) is 6.00. The van der Waals surface area contributed by atoms with E-state index in [0.717, 1.165) is 11.6 Å². The molecule has 3 nitrogen and oxygen atoms in total. The van der Waals surface area contributed by atoms with Gasteiger partial charge in [-0.15, -0.1) is 0 Å². The molecule has 0 aliphatic carbocycles. The van der Waals surface area contributed by atoms with Gasteiger partial charge in [-0.25, -0.2) is 4.79 Å². The third-order valence-corrected chi connectivity index (χ3v) is 2.93. The smallest absolute Gasteiger partial charge is 0.328 e. The van der Waals surface area contributed by atoms with Crippen LogP contribution in [0.3, 0.4) is 0 Å². The number of halogens is 1. The van der Waals surface area contributed by atoms with E-state index in [0.29, 0.717) is 22.1 Å². The molecule has 0 spiro atoms. The summed E-state index contributed by atoms with van der Waals surface area (Å²) in [5.74, 6) is 0.225. The summed E-state index contributed by atoms with van der Waals surface area (Å²) in [5.41, 5.74) is 1.64. The summed E-state index contributed by atoms with van der Waals surface area (Å²) in [6.07, 6.45) is 2.57. The van der Waals surface area contributed by atoms with Gasteiger partial charge in [-0.1, -0.05) is 35.9 Å². The third kappa shape index (κ3) is 3.62. The zero-order chi connectivity index (χ0) is 14.5. The standard InChI is InChI=1S/C16H13ClO3/c1-11-6-8-13(17)10-15(11)20-14-5-3-2-4-12(14)7-9-16(18)19/h2-10H,1H3,(H,18,19). The highest BCUT2D eigenvalue weighted by Gasteiger charge is 2.05. The number of carboxylic acid groups (broad SMARTS) is 1. The van der Waals surface area contributed by atoms with E-state index in [2.05, 4.69) is 0 Å². The van der Waals surface area contributed by atoms with Crippen LogP contribution in [0, 0.1) is 6.92 Å². The normalized spacial score (nSPS) is 10.7. The summed E-state index contributed by atoms with van der Waals surface area (Å²) < 4.78 is 5.82. The van der Waals surface area contributed by atoms with Crippen molar-refractivity contribution in [3.05, 3.63) is 64.7 Å². The molecule has 4 heteroatoms. The number of benzene rings is 2. The van der Waals surface area contributed by atoms with Crippen LogP contribution >= 0.6 is 11.6 Å². The van der Waals surface area contributed by atoms with Gasteiger partial charge in [0.05, 0.1) is 0 Å². The Morgan fingerprint density at radius 2 is 1.95 bits per heavy atom. The van der Waals surface area contributed by atoms with Crippen LogP contribution in [0.1, 0.15) is 11.1 Å². The lowest BCUT2D eigenvalue weighted by molar-refractivity contribution is -0.131. The number of aliphatic carboxylic acids is 1. The maximum Gasteiger partial charge on any atom is 0.328 e. The molecule has 2 aromatic carbocycles. The van der Waals surface area contributed by atoms with E-state index in [-0.39, 0.29) is 0 Å². The van der Waals surface area contributed by atoms with Crippen LogP contribution in [0.15, 0.2) is 48.5 Å². The Morgan fingerprint density at radius 1 is 1.20 bits per heavy atom. The molecule has 20 heavy (non-hydrogen) atoms. The van der Waals surface area contributed by atoms with Crippen molar-refractivity contribution in [1.29, 1.82) is 0 Å². The molecule has 2 aromatic rings. The number of carboxylic acids is 1. The average molecular weight is 289 g/mol. The highest BCUT2D eigenvalue weighted by atomic mass is 35.5. The molecule has 0 aliphatic rings. The largest absolute Gasteiger partial charge is 0.478 e. The van der Waals surface area contributed by atoms with Crippen molar-refractivity contribution < 1.29 is 14.6 Å².